The van der Waals surface area contributed by atoms with Crippen LogP contribution in [0.15, 0.2) is 11.4 Å². The molecule has 0 saturated heterocycles. The minimum Gasteiger partial charge on any atom is -0.492 e. The van der Waals surface area contributed by atoms with E-state index in [0.29, 0.717) is 0 Å². The highest BCUT2D eigenvalue weighted by molar-refractivity contribution is 7.07. The summed E-state index contributed by atoms with van der Waals surface area (Å²) in [5.74, 6) is 0.859. The number of hydrogen-bond acceptors (Lipinski definition) is 2. The van der Waals surface area contributed by atoms with Gasteiger partial charge in [0.15, 0.2) is 0 Å². The van der Waals surface area contributed by atoms with Gasteiger partial charge < -0.3 is 4.74 Å². The number of hydrogen-bond donors (Lipinski definition) is 0. The zero-order valence-corrected chi connectivity index (χ0v) is 5.49. The Morgan fingerprint density at radius 2 is 2.75 bits per heavy atom. The van der Waals surface area contributed by atoms with Crippen LogP contribution in [-0.2, 0) is 0 Å². The van der Waals surface area contributed by atoms with E-state index in [2.05, 4.69) is 5.38 Å². The van der Waals surface area contributed by atoms with Crippen molar-refractivity contribution >= 4 is 11.3 Å². The molecular weight excluding hydrogens is 120 g/mol. The van der Waals surface area contributed by atoms with E-state index >= 15 is 0 Å². The molecule has 1 nitrogen and oxygen atoms in total. The van der Waals surface area contributed by atoms with Crippen LogP contribution in [-0.4, -0.2) is 6.61 Å². The van der Waals surface area contributed by atoms with Crippen molar-refractivity contribution in [3.8, 4) is 5.75 Å². The largest absolute Gasteiger partial charge is 0.492 e. The van der Waals surface area contributed by atoms with Gasteiger partial charge >= 0.3 is 0 Å². The van der Waals surface area contributed by atoms with E-state index in [9.17, 15) is 0 Å². The molecule has 0 aliphatic carbocycles. The first kappa shape index (κ1) is 5.63. The molecule has 0 N–H and O–H groups in total. The molecule has 0 saturated carbocycles. The van der Waals surface area contributed by atoms with E-state index in [0.717, 1.165) is 12.4 Å². The third-order valence-corrected chi connectivity index (χ3v) is 1.34. The molecule has 0 bridgehead atoms. The van der Waals surface area contributed by atoms with Crippen molar-refractivity contribution in [2.75, 3.05) is 6.61 Å². The fourth-order valence-electron chi connectivity index (χ4n) is 0.455. The summed E-state index contributed by atoms with van der Waals surface area (Å²) in [6, 6.07) is 1.91. The highest BCUT2D eigenvalue weighted by Crippen LogP contribution is 2.12. The number of rotatable bonds is 2. The van der Waals surface area contributed by atoms with Crippen LogP contribution in [0.5, 0.6) is 5.75 Å². The topological polar surface area (TPSA) is 9.23 Å². The van der Waals surface area contributed by atoms with Gasteiger partial charge in [-0.1, -0.05) is 0 Å². The molecule has 0 spiro atoms. The minimum absolute atomic E-state index is 0.729. The molecule has 1 rings (SSSR count). The SMILES string of the molecule is CCOc1[c]scc1. The first-order valence-electron chi connectivity index (χ1n) is 2.51. The normalized spacial score (nSPS) is 9.12. The fourth-order valence-corrected chi connectivity index (χ4v) is 0.958. The molecule has 2 heteroatoms. The molecule has 0 amide bonds. The van der Waals surface area contributed by atoms with Crippen molar-refractivity contribution in [2.45, 2.75) is 6.92 Å². The van der Waals surface area contributed by atoms with E-state index in [-0.39, 0.29) is 0 Å². The average molecular weight is 127 g/mol. The minimum atomic E-state index is 0.729. The molecule has 1 aromatic heterocycles. The van der Waals surface area contributed by atoms with Gasteiger partial charge in [0.05, 0.1) is 12.0 Å². The summed E-state index contributed by atoms with van der Waals surface area (Å²) < 4.78 is 5.10. The Balaban J connectivity index is 2.50. The summed E-state index contributed by atoms with van der Waals surface area (Å²) in [6.07, 6.45) is 0. The van der Waals surface area contributed by atoms with Crippen molar-refractivity contribution in [1.29, 1.82) is 0 Å². The first-order chi connectivity index (χ1) is 3.93. The summed E-state index contributed by atoms with van der Waals surface area (Å²) in [6.45, 7) is 2.69. The zero-order valence-electron chi connectivity index (χ0n) is 4.68. The monoisotopic (exact) mass is 127 g/mol. The summed E-state index contributed by atoms with van der Waals surface area (Å²) in [5, 5.41) is 4.91. The van der Waals surface area contributed by atoms with Crippen molar-refractivity contribution in [1.82, 2.24) is 0 Å². The quantitative estimate of drug-likeness (QED) is 0.590. The van der Waals surface area contributed by atoms with Crippen LogP contribution in [0, 0.1) is 5.38 Å². The van der Waals surface area contributed by atoms with Gasteiger partial charge in [0, 0.05) is 0 Å². The molecular formula is C6H7OS. The summed E-state index contributed by atoms with van der Waals surface area (Å²) in [7, 11) is 0. The lowest BCUT2D eigenvalue weighted by molar-refractivity contribution is 0.341. The Hall–Kier alpha value is -0.500. The predicted octanol–water partition coefficient (Wildman–Crippen LogP) is 1.95. The maximum absolute atomic E-state index is 5.10. The lowest BCUT2D eigenvalue weighted by Gasteiger charge is -1.93. The fraction of sp³-hybridized carbons (Fsp3) is 0.333. The van der Waals surface area contributed by atoms with Gasteiger partial charge in [-0.05, 0) is 18.4 Å². The second-order valence-corrected chi connectivity index (χ2v) is 2.03. The number of ether oxygens (including phenoxy) is 1. The zero-order chi connectivity index (χ0) is 5.82. The predicted molar refractivity (Wildman–Crippen MR) is 34.3 cm³/mol. The molecule has 0 aliphatic heterocycles. The van der Waals surface area contributed by atoms with Crippen LogP contribution in [0.1, 0.15) is 6.92 Å². The van der Waals surface area contributed by atoms with Gasteiger partial charge in [-0.25, -0.2) is 0 Å². The Morgan fingerprint density at radius 3 is 3.25 bits per heavy atom. The highest BCUT2D eigenvalue weighted by atomic mass is 32.1. The van der Waals surface area contributed by atoms with Crippen molar-refractivity contribution in [2.24, 2.45) is 0 Å². The van der Waals surface area contributed by atoms with Crippen LogP contribution < -0.4 is 4.74 Å². The van der Waals surface area contributed by atoms with Gasteiger partial charge in [0.2, 0.25) is 0 Å². The smallest absolute Gasteiger partial charge is 0.138 e. The Kier molecular flexibility index (Phi) is 1.92. The molecule has 1 radical (unpaired) electrons. The second-order valence-electron chi connectivity index (χ2n) is 1.32. The molecule has 1 heterocycles. The Bertz CT molecular complexity index is 134. The van der Waals surface area contributed by atoms with Crippen molar-refractivity contribution < 1.29 is 4.74 Å². The van der Waals surface area contributed by atoms with E-state index in [1.807, 2.05) is 18.4 Å². The average Bonchev–Trinajstić information content (AvgIpc) is 2.19. The molecule has 43 valence electrons. The van der Waals surface area contributed by atoms with Crippen molar-refractivity contribution in [3.05, 3.63) is 16.8 Å². The molecule has 8 heavy (non-hydrogen) atoms. The molecule has 0 aliphatic rings. The van der Waals surface area contributed by atoms with E-state index in [1.54, 1.807) is 0 Å². The van der Waals surface area contributed by atoms with Gasteiger partial charge in [-0.15, -0.1) is 11.3 Å². The van der Waals surface area contributed by atoms with Crippen LogP contribution in [0.25, 0.3) is 0 Å². The van der Waals surface area contributed by atoms with Crippen LogP contribution >= 0.6 is 11.3 Å². The highest BCUT2D eigenvalue weighted by Gasteiger charge is 1.87. The maximum Gasteiger partial charge on any atom is 0.138 e. The standard InChI is InChI=1S/C6H7OS/c1-2-7-6-3-4-8-5-6/h3-4H,2H2,1H3. The number of thiophene rings is 1. The van der Waals surface area contributed by atoms with Crippen molar-refractivity contribution in [3.63, 3.8) is 0 Å². The molecule has 1 aromatic rings. The summed E-state index contributed by atoms with van der Waals surface area (Å²) >= 11 is 1.53. The van der Waals surface area contributed by atoms with Gasteiger partial charge in [0.1, 0.15) is 5.75 Å². The third kappa shape index (κ3) is 1.23. The maximum atomic E-state index is 5.10. The molecule has 0 unspecified atom stereocenters. The van der Waals surface area contributed by atoms with E-state index in [4.69, 9.17) is 4.74 Å². The third-order valence-electron chi connectivity index (χ3n) is 0.747. The lowest BCUT2D eigenvalue weighted by Crippen LogP contribution is -1.87. The van der Waals surface area contributed by atoms with Gasteiger partial charge in [-0.2, -0.15) is 0 Å². The van der Waals surface area contributed by atoms with Crippen LogP contribution in [0.3, 0.4) is 0 Å². The molecule has 0 fully saturated rings. The second kappa shape index (κ2) is 2.72. The van der Waals surface area contributed by atoms with E-state index < -0.39 is 0 Å². The van der Waals surface area contributed by atoms with Crippen LogP contribution in [0.4, 0.5) is 0 Å². The van der Waals surface area contributed by atoms with Gasteiger partial charge in [0.25, 0.3) is 0 Å². The summed E-state index contributed by atoms with van der Waals surface area (Å²) in [4.78, 5) is 0. The van der Waals surface area contributed by atoms with Gasteiger partial charge in [-0.3, -0.25) is 0 Å². The summed E-state index contributed by atoms with van der Waals surface area (Å²) in [5.41, 5.74) is 0. The first-order valence-corrected chi connectivity index (χ1v) is 3.39. The van der Waals surface area contributed by atoms with E-state index in [1.165, 1.54) is 11.3 Å². The van der Waals surface area contributed by atoms with Crippen LogP contribution in [0.2, 0.25) is 0 Å². The Morgan fingerprint density at radius 1 is 1.88 bits per heavy atom. The Labute approximate surface area is 52.9 Å². The lowest BCUT2D eigenvalue weighted by atomic mass is 10.6. The molecule has 0 aromatic carbocycles. The molecule has 0 atom stereocenters.